The van der Waals surface area contributed by atoms with Crippen LogP contribution in [0.3, 0.4) is 0 Å². The zero-order valence-electron chi connectivity index (χ0n) is 27.8. The second-order valence-corrected chi connectivity index (χ2v) is 12.8. The summed E-state index contributed by atoms with van der Waals surface area (Å²) in [6, 6.07) is 7.79. The molecule has 6 N–H and O–H groups in total. The fraction of sp³-hybridized carbons (Fsp3) is 0.444. The van der Waals surface area contributed by atoms with Crippen molar-refractivity contribution in [3.05, 3.63) is 64.7 Å². The molecule has 49 heavy (non-hydrogen) atoms. The number of anilines is 1. The maximum absolute atomic E-state index is 14.3. The van der Waals surface area contributed by atoms with Crippen LogP contribution in [0.15, 0.2) is 42.5 Å². The summed E-state index contributed by atoms with van der Waals surface area (Å²) in [6.45, 7) is 5.51. The van der Waals surface area contributed by atoms with Crippen molar-refractivity contribution in [3.8, 4) is 12.3 Å². The molecule has 2 aliphatic rings. The predicted molar refractivity (Wildman–Crippen MR) is 180 cm³/mol. The van der Waals surface area contributed by atoms with E-state index in [1.165, 1.54) is 4.90 Å². The van der Waals surface area contributed by atoms with Gasteiger partial charge in [0.2, 0.25) is 23.6 Å². The van der Waals surface area contributed by atoms with E-state index >= 15 is 0 Å². The number of hydrogen-bond acceptors (Lipinski definition) is 7. The van der Waals surface area contributed by atoms with Gasteiger partial charge in [-0.25, -0.2) is 0 Å². The molecule has 0 fully saturated rings. The first kappa shape index (κ1) is 36.5. The molecule has 0 saturated heterocycles. The Bertz CT molecular complexity index is 1620. The highest BCUT2D eigenvalue weighted by molar-refractivity contribution is 5.96. The molecule has 4 rings (SSSR count). The van der Waals surface area contributed by atoms with Crippen LogP contribution < -0.4 is 21.3 Å². The lowest BCUT2D eigenvalue weighted by Gasteiger charge is -2.39. The molecule has 1 unspecified atom stereocenters. The Hall–Kier alpha value is -5.38. The number of para-hydroxylation sites is 1. The van der Waals surface area contributed by atoms with Gasteiger partial charge in [-0.15, -0.1) is 6.42 Å². The summed E-state index contributed by atoms with van der Waals surface area (Å²) in [7, 11) is 0. The molecule has 0 saturated carbocycles. The highest BCUT2D eigenvalue weighted by atomic mass is 16.4. The van der Waals surface area contributed by atoms with E-state index < -0.39 is 78.1 Å². The van der Waals surface area contributed by atoms with E-state index in [9.17, 15) is 39.0 Å². The third-order valence-corrected chi connectivity index (χ3v) is 8.79. The standard InChI is InChI=1S/C36H43N5O8/c1-5-24(19-30(44)45)37-35(48)32-25-14-13-21(4)17-22(25)15-16-41(32)36(49)31(20(2)3)40-33(46)27(11-8-12-29(42)43)39-34(47)28-18-23-9-6-7-10-26(23)38-28/h1,6-7,9-10,13-14,17,20,24,27-28,31-32,38H,8,11-12,15-16,18-19H2,2-4H3,(H,37,48)(H,39,47)(H,40,46)(H,42,43)(H,44,45)/t24-,27+,28?,31+,32+/m1/s1. The Labute approximate surface area is 285 Å². The Balaban J connectivity index is 1.56. The molecule has 2 aliphatic heterocycles. The van der Waals surface area contributed by atoms with Crippen molar-refractivity contribution >= 4 is 41.3 Å². The first-order valence-corrected chi connectivity index (χ1v) is 16.3. The van der Waals surface area contributed by atoms with Crippen molar-refractivity contribution in [3.63, 3.8) is 0 Å². The van der Waals surface area contributed by atoms with Crippen LogP contribution in [0.4, 0.5) is 5.69 Å². The number of carboxylic acids is 2. The van der Waals surface area contributed by atoms with Gasteiger partial charge >= 0.3 is 11.9 Å². The number of carbonyl (C=O) groups is 6. The molecule has 2 aromatic rings. The van der Waals surface area contributed by atoms with Crippen LogP contribution in [0.25, 0.3) is 0 Å². The Morgan fingerprint density at radius 1 is 0.980 bits per heavy atom. The SMILES string of the molecule is C#C[C@H](CC(=O)O)NC(=O)[C@@H]1c2ccc(C)cc2CCN1C(=O)[C@@H](NC(=O)[C@H](CCCC(=O)O)NC(=O)C1Cc2ccccc2N1)C(C)C. The van der Waals surface area contributed by atoms with E-state index in [4.69, 9.17) is 6.42 Å². The van der Waals surface area contributed by atoms with Crippen molar-refractivity contribution < 1.29 is 39.0 Å². The van der Waals surface area contributed by atoms with Crippen LogP contribution in [-0.2, 0) is 41.6 Å². The Morgan fingerprint density at radius 3 is 2.37 bits per heavy atom. The molecule has 260 valence electrons. The number of rotatable bonds is 14. The monoisotopic (exact) mass is 673 g/mol. The fourth-order valence-corrected chi connectivity index (χ4v) is 6.25. The van der Waals surface area contributed by atoms with Gasteiger partial charge in [0.1, 0.15) is 30.2 Å². The number of hydrogen-bond donors (Lipinski definition) is 6. The number of nitrogens with zero attached hydrogens (tertiary/aromatic N) is 1. The molecule has 0 spiro atoms. The normalized spacial score (nSPS) is 18.1. The number of aryl methyl sites for hydroxylation is 1. The minimum absolute atomic E-state index is 0.0150. The van der Waals surface area contributed by atoms with E-state index in [1.54, 1.807) is 19.9 Å². The van der Waals surface area contributed by atoms with Crippen LogP contribution in [0.5, 0.6) is 0 Å². The first-order chi connectivity index (χ1) is 23.3. The topological polar surface area (TPSA) is 194 Å². The lowest BCUT2D eigenvalue weighted by Crippen LogP contribution is -2.59. The van der Waals surface area contributed by atoms with Crippen molar-refractivity contribution in [2.45, 2.75) is 89.5 Å². The summed E-state index contributed by atoms with van der Waals surface area (Å²) in [5, 5.41) is 29.7. The smallest absolute Gasteiger partial charge is 0.306 e. The third-order valence-electron chi connectivity index (χ3n) is 8.79. The average molecular weight is 674 g/mol. The molecule has 0 bridgehead atoms. The molecule has 13 nitrogen and oxygen atoms in total. The molecule has 2 heterocycles. The predicted octanol–water partition coefficient (Wildman–Crippen LogP) is 1.93. The molecular weight excluding hydrogens is 630 g/mol. The van der Waals surface area contributed by atoms with E-state index in [0.717, 1.165) is 22.4 Å². The first-order valence-electron chi connectivity index (χ1n) is 16.3. The fourth-order valence-electron chi connectivity index (χ4n) is 6.25. The lowest BCUT2D eigenvalue weighted by molar-refractivity contribution is -0.146. The minimum Gasteiger partial charge on any atom is -0.481 e. The maximum Gasteiger partial charge on any atom is 0.306 e. The van der Waals surface area contributed by atoms with Crippen molar-refractivity contribution in [1.82, 2.24) is 20.9 Å². The van der Waals surface area contributed by atoms with Crippen molar-refractivity contribution in [2.24, 2.45) is 5.92 Å². The van der Waals surface area contributed by atoms with Gasteiger partial charge in [-0.1, -0.05) is 61.7 Å². The van der Waals surface area contributed by atoms with Gasteiger partial charge in [0, 0.05) is 25.1 Å². The molecular formula is C36H43N5O8. The van der Waals surface area contributed by atoms with Crippen LogP contribution in [0.2, 0.25) is 0 Å². The summed E-state index contributed by atoms with van der Waals surface area (Å²) in [6.07, 6.45) is 5.73. The molecule has 0 aliphatic carbocycles. The van der Waals surface area contributed by atoms with Gasteiger partial charge in [0.25, 0.3) is 0 Å². The Morgan fingerprint density at radius 2 is 1.71 bits per heavy atom. The zero-order valence-corrected chi connectivity index (χ0v) is 27.8. The molecule has 0 aromatic heterocycles. The number of carbonyl (C=O) groups excluding carboxylic acids is 4. The lowest BCUT2D eigenvalue weighted by atomic mass is 9.89. The van der Waals surface area contributed by atoms with Crippen LogP contribution in [0, 0.1) is 25.2 Å². The van der Waals surface area contributed by atoms with Gasteiger partial charge < -0.3 is 36.4 Å². The summed E-state index contributed by atoms with van der Waals surface area (Å²) in [4.78, 5) is 79.1. The van der Waals surface area contributed by atoms with Gasteiger partial charge in [-0.2, -0.15) is 0 Å². The molecule has 4 amide bonds. The van der Waals surface area contributed by atoms with E-state index in [0.29, 0.717) is 18.4 Å². The van der Waals surface area contributed by atoms with Gasteiger partial charge in [-0.05, 0) is 54.9 Å². The average Bonchev–Trinajstić information content (AvgIpc) is 3.49. The molecule has 5 atom stereocenters. The highest BCUT2D eigenvalue weighted by Gasteiger charge is 2.41. The van der Waals surface area contributed by atoms with Crippen LogP contribution in [0.1, 0.15) is 67.8 Å². The molecule has 2 aromatic carbocycles. The summed E-state index contributed by atoms with van der Waals surface area (Å²) < 4.78 is 0. The van der Waals surface area contributed by atoms with Crippen LogP contribution in [-0.4, -0.2) is 81.4 Å². The second kappa shape index (κ2) is 16.1. The summed E-state index contributed by atoms with van der Waals surface area (Å²) >= 11 is 0. The number of amides is 4. The van der Waals surface area contributed by atoms with Gasteiger partial charge in [-0.3, -0.25) is 28.8 Å². The third kappa shape index (κ3) is 9.16. The molecule has 13 heteroatoms. The number of benzene rings is 2. The van der Waals surface area contributed by atoms with Gasteiger partial charge in [0.05, 0.1) is 6.42 Å². The van der Waals surface area contributed by atoms with Crippen LogP contribution >= 0.6 is 0 Å². The summed E-state index contributed by atoms with van der Waals surface area (Å²) in [5.74, 6) is -2.73. The van der Waals surface area contributed by atoms with Crippen molar-refractivity contribution in [1.29, 1.82) is 0 Å². The highest BCUT2D eigenvalue weighted by Crippen LogP contribution is 2.32. The number of aliphatic carboxylic acids is 2. The number of fused-ring (bicyclic) bond motifs is 2. The second-order valence-electron chi connectivity index (χ2n) is 12.8. The zero-order chi connectivity index (χ0) is 35.8. The number of nitrogens with one attached hydrogen (secondary N) is 4. The largest absolute Gasteiger partial charge is 0.481 e. The Kier molecular flexibility index (Phi) is 12.0. The van der Waals surface area contributed by atoms with Gasteiger partial charge in [0.15, 0.2) is 0 Å². The van der Waals surface area contributed by atoms with E-state index in [-0.39, 0.29) is 25.8 Å². The quantitative estimate of drug-likeness (QED) is 0.163. The molecule has 0 radical (unpaired) electrons. The van der Waals surface area contributed by atoms with E-state index in [2.05, 4.69) is 27.2 Å². The van der Waals surface area contributed by atoms with E-state index in [1.807, 2.05) is 43.3 Å². The number of carboxylic acid groups (broad SMARTS) is 2. The maximum atomic E-state index is 14.3. The minimum atomic E-state index is -1.20. The van der Waals surface area contributed by atoms with Crippen molar-refractivity contribution in [2.75, 3.05) is 11.9 Å². The summed E-state index contributed by atoms with van der Waals surface area (Å²) in [5.41, 5.74) is 4.15. The number of terminal acetylenes is 1.